The lowest BCUT2D eigenvalue weighted by Gasteiger charge is -2.34. The number of anilines is 1. The van der Waals surface area contributed by atoms with Gasteiger partial charge < -0.3 is 9.64 Å². The molecule has 2 heterocycles. The quantitative estimate of drug-likeness (QED) is 0.289. The number of aromatic nitrogens is 2. The second-order valence-corrected chi connectivity index (χ2v) is 11.0. The summed E-state index contributed by atoms with van der Waals surface area (Å²) in [6.07, 6.45) is 0. The monoisotopic (exact) mass is 522 g/mol. The minimum Gasteiger partial charge on any atom is -0.457 e. The highest BCUT2D eigenvalue weighted by atomic mass is 32.2. The predicted octanol–water partition coefficient (Wildman–Crippen LogP) is 5.60. The van der Waals surface area contributed by atoms with Crippen molar-refractivity contribution in [1.29, 1.82) is 0 Å². The first-order chi connectivity index (χ1) is 18.6. The average molecular weight is 523 g/mol. The molecule has 4 aromatic carbocycles. The summed E-state index contributed by atoms with van der Waals surface area (Å²) in [6, 6.07) is 34.3. The third kappa shape index (κ3) is 4.83. The summed E-state index contributed by atoms with van der Waals surface area (Å²) in [6.45, 7) is 1.82. The number of hydrogen-bond acceptors (Lipinski definition) is 6. The number of ether oxygens (including phenoxy) is 1. The number of sulfonamides is 1. The second kappa shape index (κ2) is 10.2. The van der Waals surface area contributed by atoms with Crippen LogP contribution in [0.2, 0.25) is 0 Å². The molecule has 0 N–H and O–H groups in total. The van der Waals surface area contributed by atoms with Gasteiger partial charge in [-0.2, -0.15) is 4.31 Å². The molecule has 190 valence electrons. The molecule has 0 spiro atoms. The van der Waals surface area contributed by atoms with Crippen molar-refractivity contribution >= 4 is 26.6 Å². The fourth-order valence-corrected chi connectivity index (χ4v) is 6.12. The van der Waals surface area contributed by atoms with Gasteiger partial charge in [-0.25, -0.2) is 8.42 Å². The molecule has 0 radical (unpaired) electrons. The Kier molecular flexibility index (Phi) is 6.49. The molecule has 6 rings (SSSR count). The Bertz CT molecular complexity index is 1650. The van der Waals surface area contributed by atoms with E-state index in [2.05, 4.69) is 39.4 Å². The van der Waals surface area contributed by atoms with E-state index >= 15 is 0 Å². The average Bonchev–Trinajstić information content (AvgIpc) is 2.98. The van der Waals surface area contributed by atoms with Crippen LogP contribution in [0.15, 0.2) is 114 Å². The first kappa shape index (κ1) is 24.1. The number of hydrogen-bond donors (Lipinski definition) is 0. The van der Waals surface area contributed by atoms with Gasteiger partial charge in [-0.15, -0.1) is 10.2 Å². The molecule has 1 aromatic heterocycles. The molecular weight excluding hydrogens is 496 g/mol. The molecule has 0 saturated carbocycles. The SMILES string of the molecule is O=S(=O)(c1ccc(Oc2ccccc2)cc1)N1CCN(c2ccc(-c3cccc4ccccc34)nn2)CC1. The molecule has 0 bridgehead atoms. The van der Waals surface area contributed by atoms with Gasteiger partial charge in [0.25, 0.3) is 0 Å². The van der Waals surface area contributed by atoms with E-state index in [-0.39, 0.29) is 4.90 Å². The fraction of sp³-hybridized carbons (Fsp3) is 0.133. The molecule has 1 aliphatic heterocycles. The third-order valence-corrected chi connectivity index (χ3v) is 8.63. The van der Waals surface area contributed by atoms with E-state index in [1.54, 1.807) is 24.3 Å². The number of para-hydroxylation sites is 1. The van der Waals surface area contributed by atoms with Gasteiger partial charge in [0.2, 0.25) is 10.0 Å². The van der Waals surface area contributed by atoms with Crippen molar-refractivity contribution in [3.8, 4) is 22.8 Å². The van der Waals surface area contributed by atoms with E-state index in [0.717, 1.165) is 27.8 Å². The smallest absolute Gasteiger partial charge is 0.243 e. The molecule has 0 atom stereocenters. The van der Waals surface area contributed by atoms with E-state index < -0.39 is 10.0 Å². The van der Waals surface area contributed by atoms with Crippen LogP contribution in [-0.2, 0) is 10.0 Å². The van der Waals surface area contributed by atoms with E-state index in [4.69, 9.17) is 4.74 Å². The molecule has 0 amide bonds. The van der Waals surface area contributed by atoms with Crippen LogP contribution in [0.3, 0.4) is 0 Å². The number of nitrogens with zero attached hydrogens (tertiary/aromatic N) is 4. The van der Waals surface area contributed by atoms with Crippen LogP contribution >= 0.6 is 0 Å². The summed E-state index contributed by atoms with van der Waals surface area (Å²) >= 11 is 0. The molecule has 1 saturated heterocycles. The fourth-order valence-electron chi connectivity index (χ4n) is 4.70. The lowest BCUT2D eigenvalue weighted by Crippen LogP contribution is -2.48. The maximum atomic E-state index is 13.2. The highest BCUT2D eigenvalue weighted by molar-refractivity contribution is 7.89. The zero-order chi connectivity index (χ0) is 26.0. The van der Waals surface area contributed by atoms with Gasteiger partial charge in [0.05, 0.1) is 10.6 Å². The molecule has 7 nitrogen and oxygen atoms in total. The van der Waals surface area contributed by atoms with Gasteiger partial charge >= 0.3 is 0 Å². The summed E-state index contributed by atoms with van der Waals surface area (Å²) in [5.41, 5.74) is 1.85. The molecule has 1 aliphatic rings. The summed E-state index contributed by atoms with van der Waals surface area (Å²) in [7, 11) is -3.61. The van der Waals surface area contributed by atoms with Crippen LogP contribution in [0.4, 0.5) is 5.82 Å². The van der Waals surface area contributed by atoms with Crippen molar-refractivity contribution in [3.05, 3.63) is 109 Å². The number of rotatable bonds is 6. The van der Waals surface area contributed by atoms with Crippen molar-refractivity contribution in [2.24, 2.45) is 0 Å². The Labute approximate surface area is 222 Å². The van der Waals surface area contributed by atoms with Crippen molar-refractivity contribution in [2.45, 2.75) is 4.90 Å². The largest absolute Gasteiger partial charge is 0.457 e. The third-order valence-electron chi connectivity index (χ3n) is 6.72. The normalized spacial score (nSPS) is 14.5. The molecule has 5 aromatic rings. The van der Waals surface area contributed by atoms with Crippen LogP contribution in [-0.4, -0.2) is 49.1 Å². The van der Waals surface area contributed by atoms with E-state index in [0.29, 0.717) is 37.7 Å². The highest BCUT2D eigenvalue weighted by Crippen LogP contribution is 2.28. The minimum absolute atomic E-state index is 0.255. The Morgan fingerprint density at radius 2 is 1.32 bits per heavy atom. The van der Waals surface area contributed by atoms with Crippen LogP contribution in [0.1, 0.15) is 0 Å². The maximum Gasteiger partial charge on any atom is 0.243 e. The topological polar surface area (TPSA) is 75.6 Å². The second-order valence-electron chi connectivity index (χ2n) is 9.08. The lowest BCUT2D eigenvalue weighted by atomic mass is 10.0. The standard InChI is InChI=1S/C30H26N4O3S/c35-38(36,26-15-13-25(14-16-26)37-24-9-2-1-3-10-24)34-21-19-33(20-22-34)30-18-17-29(31-32-30)28-12-6-8-23-7-4-5-11-27(23)28/h1-18H,19-22H2. The summed E-state index contributed by atoms with van der Waals surface area (Å²) < 4.78 is 33.8. The Balaban J connectivity index is 1.11. The lowest BCUT2D eigenvalue weighted by molar-refractivity contribution is 0.383. The van der Waals surface area contributed by atoms with Crippen LogP contribution in [0.5, 0.6) is 11.5 Å². The predicted molar refractivity (Wildman–Crippen MR) is 149 cm³/mol. The number of fused-ring (bicyclic) bond motifs is 1. The molecule has 8 heteroatoms. The first-order valence-corrected chi connectivity index (χ1v) is 13.9. The van der Waals surface area contributed by atoms with Gasteiger partial charge in [0, 0.05) is 31.7 Å². The number of benzene rings is 4. The van der Waals surface area contributed by atoms with Crippen molar-refractivity contribution in [3.63, 3.8) is 0 Å². The Morgan fingerprint density at radius 3 is 2.05 bits per heavy atom. The van der Waals surface area contributed by atoms with Crippen molar-refractivity contribution in [2.75, 3.05) is 31.1 Å². The number of piperazine rings is 1. The van der Waals surface area contributed by atoms with E-state index in [1.807, 2.05) is 60.7 Å². The minimum atomic E-state index is -3.61. The van der Waals surface area contributed by atoms with Gasteiger partial charge in [-0.3, -0.25) is 0 Å². The highest BCUT2D eigenvalue weighted by Gasteiger charge is 2.29. The van der Waals surface area contributed by atoms with Gasteiger partial charge in [0.15, 0.2) is 5.82 Å². The molecule has 38 heavy (non-hydrogen) atoms. The maximum absolute atomic E-state index is 13.2. The van der Waals surface area contributed by atoms with Crippen LogP contribution < -0.4 is 9.64 Å². The zero-order valence-corrected chi connectivity index (χ0v) is 21.5. The summed E-state index contributed by atoms with van der Waals surface area (Å²) in [4.78, 5) is 2.33. The van der Waals surface area contributed by atoms with E-state index in [1.165, 1.54) is 4.31 Å². The van der Waals surface area contributed by atoms with Gasteiger partial charge in [-0.05, 0) is 59.3 Å². The van der Waals surface area contributed by atoms with Gasteiger partial charge in [-0.1, -0.05) is 60.7 Å². The molecular formula is C30H26N4O3S. The molecule has 1 fully saturated rings. The Morgan fingerprint density at radius 1 is 0.632 bits per heavy atom. The van der Waals surface area contributed by atoms with Gasteiger partial charge in [0.1, 0.15) is 11.5 Å². The van der Waals surface area contributed by atoms with Crippen molar-refractivity contribution in [1.82, 2.24) is 14.5 Å². The molecule has 0 aliphatic carbocycles. The zero-order valence-electron chi connectivity index (χ0n) is 20.6. The molecule has 0 unspecified atom stereocenters. The van der Waals surface area contributed by atoms with Crippen LogP contribution in [0, 0.1) is 0 Å². The Hall–Kier alpha value is -4.27. The summed E-state index contributed by atoms with van der Waals surface area (Å²) in [5, 5.41) is 11.3. The van der Waals surface area contributed by atoms with Crippen LogP contribution in [0.25, 0.3) is 22.0 Å². The first-order valence-electron chi connectivity index (χ1n) is 12.5. The van der Waals surface area contributed by atoms with E-state index in [9.17, 15) is 8.42 Å². The summed E-state index contributed by atoms with van der Waals surface area (Å²) in [5.74, 6) is 2.03. The van der Waals surface area contributed by atoms with Crippen molar-refractivity contribution < 1.29 is 13.2 Å².